The van der Waals surface area contributed by atoms with Crippen LogP contribution in [0.1, 0.15) is 22.3 Å². The van der Waals surface area contributed by atoms with Crippen LogP contribution in [-0.2, 0) is 23.0 Å². The molecule has 162 valence electrons. The van der Waals surface area contributed by atoms with E-state index in [1.165, 1.54) is 0 Å². The van der Waals surface area contributed by atoms with Gasteiger partial charge in [-0.25, -0.2) is 19.0 Å². The minimum absolute atomic E-state index is 0. The van der Waals surface area contributed by atoms with Gasteiger partial charge in [0.05, 0.1) is 18.0 Å². The van der Waals surface area contributed by atoms with Crippen LogP contribution in [0.3, 0.4) is 0 Å². The summed E-state index contributed by atoms with van der Waals surface area (Å²) in [6.07, 6.45) is 0.719. The van der Waals surface area contributed by atoms with E-state index < -0.39 is 10.0 Å². The van der Waals surface area contributed by atoms with Gasteiger partial charge in [-0.2, -0.15) is 0 Å². The van der Waals surface area contributed by atoms with E-state index in [9.17, 15) is 8.42 Å². The first-order valence-electron chi connectivity index (χ1n) is 9.80. The summed E-state index contributed by atoms with van der Waals surface area (Å²) in [7, 11) is -3.55. The van der Waals surface area contributed by atoms with E-state index in [0.717, 1.165) is 47.6 Å². The fraction of sp³-hybridized carbons (Fsp3) is 0.174. The van der Waals surface area contributed by atoms with Gasteiger partial charge >= 0.3 is 0 Å². The van der Waals surface area contributed by atoms with Gasteiger partial charge in [0.2, 0.25) is 10.0 Å². The molecule has 0 radical (unpaired) electrons. The molecule has 0 saturated heterocycles. The number of benzene rings is 3. The number of nitrogens with one attached hydrogen (secondary N) is 1. The molecule has 0 bridgehead atoms. The lowest BCUT2D eigenvalue weighted by Gasteiger charge is -2.13. The van der Waals surface area contributed by atoms with Crippen LogP contribution < -0.4 is 10.6 Å². The molecule has 3 N–H and O–H groups in total. The molecule has 3 aromatic rings. The summed E-state index contributed by atoms with van der Waals surface area (Å²) < 4.78 is 27.7. The van der Waals surface area contributed by atoms with Crippen molar-refractivity contribution < 1.29 is 8.42 Å². The summed E-state index contributed by atoms with van der Waals surface area (Å²) in [5.41, 5.74) is 4.11. The summed E-state index contributed by atoms with van der Waals surface area (Å²) in [5, 5.41) is 1.67. The Morgan fingerprint density at radius 2 is 1.48 bits per heavy atom. The minimum Gasteiger partial charge on any atom is -0.293 e. The zero-order valence-corrected chi connectivity index (χ0v) is 18.6. The van der Waals surface area contributed by atoms with Crippen molar-refractivity contribution in [2.24, 2.45) is 10.8 Å². The van der Waals surface area contributed by atoms with E-state index >= 15 is 0 Å². The van der Waals surface area contributed by atoms with E-state index in [1.807, 2.05) is 54.6 Å². The third kappa shape index (κ3) is 5.71. The van der Waals surface area contributed by atoms with Gasteiger partial charge in [0.15, 0.2) is 0 Å². The Morgan fingerprint density at radius 1 is 0.871 bits per heavy atom. The van der Waals surface area contributed by atoms with Gasteiger partial charge in [-0.3, -0.25) is 10.0 Å². The number of rotatable bonds is 7. The Hall–Kier alpha value is -2.71. The van der Waals surface area contributed by atoms with Gasteiger partial charge in [-0.1, -0.05) is 66.7 Å². The smallest absolute Gasteiger partial charge is 0.240 e. The monoisotopic (exact) mass is 456 g/mol. The quantitative estimate of drug-likeness (QED) is 0.535. The average molecular weight is 457 g/mol. The van der Waals surface area contributed by atoms with Gasteiger partial charge in [0, 0.05) is 12.1 Å². The topological polar surface area (TPSA) is 87.8 Å². The van der Waals surface area contributed by atoms with Crippen LogP contribution in [0.15, 0.2) is 88.8 Å². The Balaban J connectivity index is 0.00000272. The maximum Gasteiger partial charge on any atom is 0.240 e. The third-order valence-electron chi connectivity index (χ3n) is 5.04. The van der Waals surface area contributed by atoms with E-state index in [-0.39, 0.29) is 23.8 Å². The molecule has 0 spiro atoms. The largest absolute Gasteiger partial charge is 0.293 e. The molecule has 4 rings (SSSR count). The zero-order chi connectivity index (χ0) is 21.0. The Kier molecular flexibility index (Phi) is 7.46. The average Bonchev–Trinajstić information content (AvgIpc) is 3.20. The molecule has 31 heavy (non-hydrogen) atoms. The number of nitrogens with zero attached hydrogens (tertiary/aromatic N) is 2. The highest BCUT2D eigenvalue weighted by atomic mass is 35.5. The minimum atomic E-state index is -3.55. The van der Waals surface area contributed by atoms with Crippen LogP contribution in [0.2, 0.25) is 0 Å². The first-order valence-corrected chi connectivity index (χ1v) is 11.3. The fourth-order valence-corrected chi connectivity index (χ4v) is 4.39. The lowest BCUT2D eigenvalue weighted by molar-refractivity contribution is 0.484. The first-order chi connectivity index (χ1) is 14.5. The molecule has 0 atom stereocenters. The van der Waals surface area contributed by atoms with Crippen LogP contribution in [0, 0.1) is 0 Å². The fourth-order valence-electron chi connectivity index (χ4n) is 3.37. The molecular formula is C23H25ClN4O2S. The van der Waals surface area contributed by atoms with E-state index in [0.29, 0.717) is 0 Å². The molecule has 1 aliphatic heterocycles. The van der Waals surface area contributed by atoms with Gasteiger partial charge in [-0.05, 0) is 35.2 Å². The second kappa shape index (κ2) is 10.1. The zero-order valence-electron chi connectivity index (χ0n) is 16.9. The summed E-state index contributed by atoms with van der Waals surface area (Å²) >= 11 is 0. The highest BCUT2D eigenvalue weighted by Gasteiger charge is 2.15. The van der Waals surface area contributed by atoms with Crippen LogP contribution in [-0.4, -0.2) is 32.4 Å². The normalized spacial score (nSPS) is 13.6. The maximum atomic E-state index is 12.5. The van der Waals surface area contributed by atoms with Crippen LogP contribution in [0.25, 0.3) is 0 Å². The van der Waals surface area contributed by atoms with Crippen molar-refractivity contribution in [1.82, 2.24) is 9.73 Å². The summed E-state index contributed by atoms with van der Waals surface area (Å²) in [5.74, 6) is 6.74. The Bertz CT molecular complexity index is 1130. The second-order valence-electron chi connectivity index (χ2n) is 7.23. The summed E-state index contributed by atoms with van der Waals surface area (Å²) in [6.45, 7) is 1.73. The molecule has 0 fully saturated rings. The summed E-state index contributed by atoms with van der Waals surface area (Å²) in [6, 6.07) is 24.6. The number of amidine groups is 1. The van der Waals surface area contributed by atoms with E-state index in [4.69, 9.17) is 5.84 Å². The molecule has 0 aliphatic carbocycles. The molecule has 3 aromatic carbocycles. The predicted octanol–water partition coefficient (Wildman–Crippen LogP) is 3.11. The van der Waals surface area contributed by atoms with Crippen molar-refractivity contribution in [3.05, 3.63) is 101 Å². The van der Waals surface area contributed by atoms with Crippen LogP contribution in [0.5, 0.6) is 0 Å². The number of nitrogens with two attached hydrogens (primary N) is 1. The molecule has 1 aliphatic rings. The van der Waals surface area contributed by atoms with Gasteiger partial charge in [0.25, 0.3) is 0 Å². The van der Waals surface area contributed by atoms with Crippen molar-refractivity contribution in [2.75, 3.05) is 13.1 Å². The first kappa shape index (κ1) is 23.0. The molecule has 0 amide bonds. The third-order valence-corrected chi connectivity index (χ3v) is 6.45. The van der Waals surface area contributed by atoms with Crippen molar-refractivity contribution in [1.29, 1.82) is 0 Å². The molecule has 0 aromatic heterocycles. The molecule has 1 heterocycles. The van der Waals surface area contributed by atoms with Crippen molar-refractivity contribution in [2.45, 2.75) is 17.9 Å². The highest BCUT2D eigenvalue weighted by Crippen LogP contribution is 2.16. The maximum absolute atomic E-state index is 12.5. The number of aliphatic imine (C=N–C) groups is 1. The number of sulfonamides is 1. The molecule has 8 heteroatoms. The summed E-state index contributed by atoms with van der Waals surface area (Å²) in [4.78, 5) is 4.69. The Morgan fingerprint density at radius 3 is 2.06 bits per heavy atom. The highest BCUT2D eigenvalue weighted by molar-refractivity contribution is 7.89. The lowest BCUT2D eigenvalue weighted by atomic mass is 10.0. The molecule has 0 saturated carbocycles. The van der Waals surface area contributed by atoms with Gasteiger partial charge in [-0.15, -0.1) is 12.4 Å². The SMILES string of the molecule is Cl.NN1CCN=C1c1ccc(Cc2ccc(S(=O)(=O)NCc3ccccc3)cc2)cc1. The number of hydrazine groups is 1. The van der Waals surface area contributed by atoms with E-state index in [2.05, 4.69) is 21.8 Å². The molecule has 6 nitrogen and oxygen atoms in total. The van der Waals surface area contributed by atoms with E-state index in [1.54, 1.807) is 17.1 Å². The predicted molar refractivity (Wildman–Crippen MR) is 126 cm³/mol. The standard InChI is InChI=1S/C23H24N4O2S.ClH/c24-27-15-14-25-23(27)21-10-6-18(7-11-21)16-19-8-12-22(13-9-19)30(28,29)26-17-20-4-2-1-3-5-20;/h1-13,26H,14-17,24H2;1H. The van der Waals surface area contributed by atoms with Gasteiger partial charge in [0.1, 0.15) is 5.84 Å². The van der Waals surface area contributed by atoms with Crippen molar-refractivity contribution >= 4 is 28.3 Å². The van der Waals surface area contributed by atoms with Gasteiger partial charge < -0.3 is 0 Å². The molecule has 0 unspecified atom stereocenters. The van der Waals surface area contributed by atoms with Crippen LogP contribution in [0.4, 0.5) is 0 Å². The van der Waals surface area contributed by atoms with Crippen molar-refractivity contribution in [3.63, 3.8) is 0 Å². The lowest BCUT2D eigenvalue weighted by Crippen LogP contribution is -2.34. The molecular weight excluding hydrogens is 432 g/mol. The number of halogens is 1. The second-order valence-corrected chi connectivity index (χ2v) is 8.99. The number of hydrogen-bond acceptors (Lipinski definition) is 5. The van der Waals surface area contributed by atoms with Crippen LogP contribution >= 0.6 is 12.4 Å². The Labute approximate surface area is 189 Å². The number of hydrogen-bond donors (Lipinski definition) is 2. The van der Waals surface area contributed by atoms with Crippen molar-refractivity contribution in [3.8, 4) is 0 Å².